The predicted molar refractivity (Wildman–Crippen MR) is 90.5 cm³/mol. The molecule has 0 atom stereocenters. The predicted octanol–water partition coefficient (Wildman–Crippen LogP) is 3.63. The SMILES string of the molecule is CCc1ccc2nnc(Sc3ccc4nc(N)sc4c3)n2c1. The molecule has 1 aromatic carbocycles. The van der Waals surface area contributed by atoms with E-state index < -0.39 is 0 Å². The van der Waals surface area contributed by atoms with Crippen LogP contribution in [-0.2, 0) is 6.42 Å². The number of rotatable bonds is 3. The molecule has 0 saturated carbocycles. The quantitative estimate of drug-likeness (QED) is 0.622. The summed E-state index contributed by atoms with van der Waals surface area (Å²) in [6.07, 6.45) is 3.09. The maximum Gasteiger partial charge on any atom is 0.200 e. The third-order valence-corrected chi connectivity index (χ3v) is 5.22. The van der Waals surface area contributed by atoms with Crippen molar-refractivity contribution < 1.29 is 0 Å². The summed E-state index contributed by atoms with van der Waals surface area (Å²) < 4.78 is 3.12. The van der Waals surface area contributed by atoms with Gasteiger partial charge in [-0.15, -0.1) is 10.2 Å². The highest BCUT2D eigenvalue weighted by Crippen LogP contribution is 2.32. The first-order chi connectivity index (χ1) is 10.7. The molecule has 2 N–H and O–H groups in total. The van der Waals surface area contributed by atoms with Gasteiger partial charge in [-0.3, -0.25) is 4.40 Å². The van der Waals surface area contributed by atoms with E-state index in [0.29, 0.717) is 5.13 Å². The van der Waals surface area contributed by atoms with Crippen LogP contribution in [0.2, 0.25) is 0 Å². The van der Waals surface area contributed by atoms with Crippen LogP contribution in [0.3, 0.4) is 0 Å². The third-order valence-electron chi connectivity index (χ3n) is 3.43. The first kappa shape index (κ1) is 13.5. The summed E-state index contributed by atoms with van der Waals surface area (Å²) in [6.45, 7) is 2.14. The van der Waals surface area contributed by atoms with Gasteiger partial charge in [-0.25, -0.2) is 4.98 Å². The number of benzene rings is 1. The first-order valence-electron chi connectivity index (χ1n) is 6.90. The highest BCUT2D eigenvalue weighted by Gasteiger charge is 2.09. The Labute approximate surface area is 135 Å². The van der Waals surface area contributed by atoms with Gasteiger partial charge in [0.05, 0.1) is 10.2 Å². The standard InChI is InChI=1S/C15H13N5S2/c1-2-9-3-6-13-18-19-15(20(13)8-9)21-10-4-5-11-12(7-10)22-14(16)17-11/h3-8H,2H2,1H3,(H2,16,17). The van der Waals surface area contributed by atoms with Gasteiger partial charge in [-0.05, 0) is 48.0 Å². The zero-order valence-corrected chi connectivity index (χ0v) is 13.5. The molecule has 0 spiro atoms. The summed E-state index contributed by atoms with van der Waals surface area (Å²) >= 11 is 3.09. The molecule has 0 unspecified atom stereocenters. The number of aromatic nitrogens is 4. The van der Waals surface area contributed by atoms with Crippen LogP contribution in [0.25, 0.3) is 15.9 Å². The lowest BCUT2D eigenvalue weighted by Crippen LogP contribution is -1.90. The fraction of sp³-hybridized carbons (Fsp3) is 0.133. The van der Waals surface area contributed by atoms with Crippen molar-refractivity contribution in [2.75, 3.05) is 5.73 Å². The number of pyridine rings is 1. The van der Waals surface area contributed by atoms with Crippen LogP contribution in [0, 0.1) is 0 Å². The smallest absolute Gasteiger partial charge is 0.200 e. The van der Waals surface area contributed by atoms with Crippen LogP contribution in [0.5, 0.6) is 0 Å². The van der Waals surface area contributed by atoms with Crippen LogP contribution in [0.4, 0.5) is 5.13 Å². The number of hydrogen-bond donors (Lipinski definition) is 1. The lowest BCUT2D eigenvalue weighted by molar-refractivity contribution is 0.911. The van der Waals surface area contributed by atoms with E-state index in [1.54, 1.807) is 11.8 Å². The van der Waals surface area contributed by atoms with E-state index in [2.05, 4.69) is 40.4 Å². The Morgan fingerprint density at radius 3 is 3.00 bits per heavy atom. The summed E-state index contributed by atoms with van der Waals surface area (Å²) in [5.74, 6) is 0. The highest BCUT2D eigenvalue weighted by molar-refractivity contribution is 7.99. The molecular formula is C15H13N5S2. The van der Waals surface area contributed by atoms with Crippen LogP contribution in [0.1, 0.15) is 12.5 Å². The molecule has 110 valence electrons. The molecule has 7 heteroatoms. The lowest BCUT2D eigenvalue weighted by Gasteiger charge is -2.02. The summed E-state index contributed by atoms with van der Waals surface area (Å²) in [5, 5.41) is 9.97. The molecule has 5 nitrogen and oxygen atoms in total. The molecule has 0 bridgehead atoms. The van der Waals surface area contributed by atoms with E-state index in [9.17, 15) is 0 Å². The van der Waals surface area contributed by atoms with Crippen molar-refractivity contribution in [2.45, 2.75) is 23.4 Å². The minimum atomic E-state index is 0.595. The van der Waals surface area contributed by atoms with Crippen molar-refractivity contribution in [3.05, 3.63) is 42.1 Å². The minimum Gasteiger partial charge on any atom is -0.375 e. The van der Waals surface area contributed by atoms with E-state index in [1.807, 2.05) is 22.6 Å². The molecule has 4 rings (SSSR count). The molecule has 0 fully saturated rings. The van der Waals surface area contributed by atoms with Crippen LogP contribution in [0.15, 0.2) is 46.6 Å². The Bertz CT molecular complexity index is 973. The normalized spacial score (nSPS) is 11.5. The maximum absolute atomic E-state index is 5.76. The molecule has 0 radical (unpaired) electrons. The molecule has 0 aliphatic rings. The van der Waals surface area contributed by atoms with E-state index >= 15 is 0 Å². The maximum atomic E-state index is 5.76. The monoisotopic (exact) mass is 327 g/mol. The van der Waals surface area contributed by atoms with Crippen molar-refractivity contribution in [1.29, 1.82) is 0 Å². The minimum absolute atomic E-state index is 0.595. The number of aryl methyl sites for hydroxylation is 1. The molecule has 22 heavy (non-hydrogen) atoms. The fourth-order valence-corrected chi connectivity index (χ4v) is 3.98. The van der Waals surface area contributed by atoms with Gasteiger partial charge in [0.25, 0.3) is 0 Å². The molecule has 3 aromatic heterocycles. The Hall–Kier alpha value is -2.12. The number of nitrogens with two attached hydrogens (primary N) is 1. The number of thiazole rings is 1. The highest BCUT2D eigenvalue weighted by atomic mass is 32.2. The van der Waals surface area contributed by atoms with Crippen molar-refractivity contribution in [3.63, 3.8) is 0 Å². The van der Waals surface area contributed by atoms with Crippen molar-refractivity contribution >= 4 is 44.1 Å². The van der Waals surface area contributed by atoms with Gasteiger partial charge in [-0.2, -0.15) is 0 Å². The Morgan fingerprint density at radius 2 is 2.14 bits per heavy atom. The second-order valence-corrected chi connectivity index (χ2v) is 6.99. The van der Waals surface area contributed by atoms with E-state index in [-0.39, 0.29) is 0 Å². The molecule has 4 aromatic rings. The van der Waals surface area contributed by atoms with Gasteiger partial charge in [0.15, 0.2) is 15.9 Å². The molecule has 0 amide bonds. The topological polar surface area (TPSA) is 69.1 Å². The second kappa shape index (κ2) is 5.26. The van der Waals surface area contributed by atoms with Gasteiger partial charge in [0, 0.05) is 11.1 Å². The Morgan fingerprint density at radius 1 is 1.23 bits per heavy atom. The van der Waals surface area contributed by atoms with E-state index in [0.717, 1.165) is 32.3 Å². The summed E-state index contributed by atoms with van der Waals surface area (Å²) in [5.41, 5.74) is 8.82. The Balaban J connectivity index is 1.74. The second-order valence-electron chi connectivity index (χ2n) is 4.89. The zero-order valence-electron chi connectivity index (χ0n) is 11.9. The number of fused-ring (bicyclic) bond motifs is 2. The molecule has 0 saturated heterocycles. The summed E-state index contributed by atoms with van der Waals surface area (Å²) in [7, 11) is 0. The van der Waals surface area contributed by atoms with Gasteiger partial charge in [0.1, 0.15) is 0 Å². The van der Waals surface area contributed by atoms with Crippen LogP contribution in [-0.4, -0.2) is 19.6 Å². The average molecular weight is 327 g/mol. The number of nitrogens with zero attached hydrogens (tertiary/aromatic N) is 4. The summed E-state index contributed by atoms with van der Waals surface area (Å²) in [4.78, 5) is 5.38. The fourth-order valence-electron chi connectivity index (χ4n) is 2.28. The third kappa shape index (κ3) is 2.32. The molecule has 0 aliphatic heterocycles. The van der Waals surface area contributed by atoms with E-state index in [4.69, 9.17) is 5.73 Å². The summed E-state index contributed by atoms with van der Waals surface area (Å²) in [6, 6.07) is 10.2. The number of nitrogen functional groups attached to an aromatic ring is 1. The van der Waals surface area contributed by atoms with Crippen LogP contribution >= 0.6 is 23.1 Å². The van der Waals surface area contributed by atoms with E-state index in [1.165, 1.54) is 16.9 Å². The molecule has 0 aliphatic carbocycles. The first-order valence-corrected chi connectivity index (χ1v) is 8.54. The van der Waals surface area contributed by atoms with Gasteiger partial charge >= 0.3 is 0 Å². The largest absolute Gasteiger partial charge is 0.375 e. The van der Waals surface area contributed by atoms with Gasteiger partial charge < -0.3 is 5.73 Å². The van der Waals surface area contributed by atoms with Crippen molar-refractivity contribution in [1.82, 2.24) is 19.6 Å². The molecule has 3 heterocycles. The van der Waals surface area contributed by atoms with Crippen molar-refractivity contribution in [3.8, 4) is 0 Å². The van der Waals surface area contributed by atoms with Crippen molar-refractivity contribution in [2.24, 2.45) is 0 Å². The van der Waals surface area contributed by atoms with Crippen LogP contribution < -0.4 is 5.73 Å². The number of hydrogen-bond acceptors (Lipinski definition) is 6. The van der Waals surface area contributed by atoms with Gasteiger partial charge in [0.2, 0.25) is 0 Å². The average Bonchev–Trinajstić information content (AvgIpc) is 3.09. The van der Waals surface area contributed by atoms with Gasteiger partial charge in [-0.1, -0.05) is 24.3 Å². The zero-order chi connectivity index (χ0) is 15.1. The Kier molecular flexibility index (Phi) is 3.24. The number of anilines is 1. The molecular weight excluding hydrogens is 314 g/mol. The lowest BCUT2D eigenvalue weighted by atomic mass is 10.2.